The summed E-state index contributed by atoms with van der Waals surface area (Å²) in [5.41, 5.74) is -0.0562. The summed E-state index contributed by atoms with van der Waals surface area (Å²) in [6, 6.07) is 14.3. The summed E-state index contributed by atoms with van der Waals surface area (Å²) in [6.07, 6.45) is 7.48. The van der Waals surface area contributed by atoms with Crippen molar-refractivity contribution in [2.45, 2.75) is 38.5 Å². The lowest BCUT2D eigenvalue weighted by molar-refractivity contribution is -0.145. The van der Waals surface area contributed by atoms with Crippen molar-refractivity contribution < 1.29 is 9.53 Å². The third-order valence-corrected chi connectivity index (χ3v) is 6.74. The summed E-state index contributed by atoms with van der Waals surface area (Å²) in [6.45, 7) is 0.236. The molecule has 0 N–H and O–H groups in total. The van der Waals surface area contributed by atoms with Gasteiger partial charge in [-0.15, -0.1) is 0 Å². The van der Waals surface area contributed by atoms with Gasteiger partial charge in [0, 0.05) is 10.8 Å². The molecule has 2 aromatic rings. The van der Waals surface area contributed by atoms with E-state index in [4.69, 9.17) is 4.74 Å². The van der Waals surface area contributed by atoms with Crippen molar-refractivity contribution in [3.63, 3.8) is 0 Å². The Hall–Kier alpha value is -1.83. The van der Waals surface area contributed by atoms with E-state index < -0.39 is 0 Å². The lowest BCUT2D eigenvalue weighted by Gasteiger charge is -2.55. The van der Waals surface area contributed by atoms with Gasteiger partial charge in [0.1, 0.15) is 12.4 Å². The van der Waals surface area contributed by atoms with E-state index in [1.54, 1.807) is 0 Å². The van der Waals surface area contributed by atoms with Gasteiger partial charge in [0.15, 0.2) is 5.78 Å². The Bertz CT molecular complexity index is 751. The molecule has 0 radical (unpaired) electrons. The topological polar surface area (TPSA) is 26.3 Å². The number of Topliss-reactive ketones (excluding diaryl/α,β-unsaturated/α-hetero) is 1. The zero-order valence-corrected chi connectivity index (χ0v) is 14.0. The summed E-state index contributed by atoms with van der Waals surface area (Å²) in [4.78, 5) is 13.1. The molecular weight excluding hydrogens is 296 g/mol. The van der Waals surface area contributed by atoms with Gasteiger partial charge in [0.05, 0.1) is 0 Å². The van der Waals surface area contributed by atoms with Gasteiger partial charge in [-0.25, -0.2) is 0 Å². The lowest BCUT2D eigenvalue weighted by Crippen LogP contribution is -2.51. The van der Waals surface area contributed by atoms with Crippen molar-refractivity contribution in [1.82, 2.24) is 0 Å². The van der Waals surface area contributed by atoms with Gasteiger partial charge in [-0.2, -0.15) is 0 Å². The smallest absolute Gasteiger partial charge is 0.176 e. The number of benzene rings is 2. The van der Waals surface area contributed by atoms with E-state index in [1.807, 2.05) is 24.3 Å². The van der Waals surface area contributed by atoms with E-state index in [9.17, 15) is 4.79 Å². The first-order valence-corrected chi connectivity index (χ1v) is 9.36. The van der Waals surface area contributed by atoms with E-state index in [2.05, 4.69) is 18.2 Å². The van der Waals surface area contributed by atoms with Crippen LogP contribution in [0.5, 0.6) is 5.75 Å². The van der Waals surface area contributed by atoms with Crippen molar-refractivity contribution in [3.8, 4) is 5.75 Å². The molecule has 0 aliphatic heterocycles. The highest BCUT2D eigenvalue weighted by Crippen LogP contribution is 2.60. The summed E-state index contributed by atoms with van der Waals surface area (Å²) in [5.74, 6) is 3.61. The summed E-state index contributed by atoms with van der Waals surface area (Å²) in [7, 11) is 0. The van der Waals surface area contributed by atoms with Crippen LogP contribution in [0.3, 0.4) is 0 Å². The largest absolute Gasteiger partial charge is 0.485 e. The number of ether oxygens (including phenoxy) is 1. The molecule has 4 fully saturated rings. The number of hydrogen-bond acceptors (Lipinski definition) is 2. The summed E-state index contributed by atoms with van der Waals surface area (Å²) < 4.78 is 6.02. The fourth-order valence-electron chi connectivity index (χ4n) is 6.07. The van der Waals surface area contributed by atoms with Crippen LogP contribution in [0.2, 0.25) is 0 Å². The molecule has 124 valence electrons. The van der Waals surface area contributed by atoms with Gasteiger partial charge in [-0.1, -0.05) is 36.4 Å². The molecular formula is C22H24O2. The Morgan fingerprint density at radius 3 is 2.25 bits per heavy atom. The number of hydrogen-bond donors (Lipinski definition) is 0. The Morgan fingerprint density at radius 1 is 0.917 bits per heavy atom. The summed E-state index contributed by atoms with van der Waals surface area (Å²) in [5, 5.41) is 2.26. The first-order chi connectivity index (χ1) is 11.7. The van der Waals surface area contributed by atoms with Gasteiger partial charge in [-0.3, -0.25) is 4.79 Å². The standard InChI is InChI=1S/C22H24O2/c23-21(22-11-15-8-16(12-22)10-17(9-15)13-22)14-24-20-7-3-5-18-4-1-2-6-19(18)20/h1-7,15-17H,8-14H2. The monoisotopic (exact) mass is 320 g/mol. The van der Waals surface area contributed by atoms with Crippen molar-refractivity contribution in [2.24, 2.45) is 23.2 Å². The number of carbonyl (C=O) groups excluding carboxylic acids is 1. The Balaban J connectivity index is 1.36. The highest BCUT2D eigenvalue weighted by atomic mass is 16.5. The molecule has 2 nitrogen and oxygen atoms in total. The molecule has 6 rings (SSSR count). The van der Waals surface area contributed by atoms with Crippen LogP contribution in [-0.4, -0.2) is 12.4 Å². The van der Waals surface area contributed by atoms with Crippen LogP contribution in [0.15, 0.2) is 42.5 Å². The van der Waals surface area contributed by atoms with Crippen molar-refractivity contribution in [2.75, 3.05) is 6.61 Å². The molecule has 4 saturated carbocycles. The van der Waals surface area contributed by atoms with Crippen molar-refractivity contribution in [1.29, 1.82) is 0 Å². The fraction of sp³-hybridized carbons (Fsp3) is 0.500. The molecule has 4 bridgehead atoms. The molecule has 4 aliphatic rings. The average Bonchev–Trinajstić information content (AvgIpc) is 2.58. The van der Waals surface area contributed by atoms with Crippen LogP contribution in [0.1, 0.15) is 38.5 Å². The van der Waals surface area contributed by atoms with E-state index in [1.165, 1.54) is 19.3 Å². The Morgan fingerprint density at radius 2 is 1.54 bits per heavy atom. The minimum atomic E-state index is -0.0562. The van der Waals surface area contributed by atoms with Crippen LogP contribution in [-0.2, 0) is 4.79 Å². The van der Waals surface area contributed by atoms with Gasteiger partial charge in [-0.05, 0) is 67.7 Å². The molecule has 0 amide bonds. The third-order valence-electron chi connectivity index (χ3n) is 6.74. The molecule has 0 atom stereocenters. The Kier molecular flexibility index (Phi) is 3.23. The molecule has 2 aromatic carbocycles. The molecule has 4 aliphatic carbocycles. The number of fused-ring (bicyclic) bond motifs is 1. The Labute approximate surface area is 143 Å². The molecule has 0 unspecified atom stereocenters. The zero-order valence-electron chi connectivity index (χ0n) is 14.0. The first-order valence-electron chi connectivity index (χ1n) is 9.36. The molecule has 0 spiro atoms. The quantitative estimate of drug-likeness (QED) is 0.792. The fourth-order valence-corrected chi connectivity index (χ4v) is 6.07. The average molecular weight is 320 g/mol. The molecule has 24 heavy (non-hydrogen) atoms. The van der Waals surface area contributed by atoms with Gasteiger partial charge < -0.3 is 4.74 Å². The molecule has 0 heterocycles. The number of carbonyl (C=O) groups is 1. The van der Waals surface area contributed by atoms with Crippen LogP contribution in [0, 0.1) is 23.2 Å². The van der Waals surface area contributed by atoms with Crippen LogP contribution >= 0.6 is 0 Å². The number of ketones is 1. The minimum absolute atomic E-state index is 0.0562. The highest BCUT2D eigenvalue weighted by molar-refractivity contribution is 5.90. The number of rotatable bonds is 4. The van der Waals surface area contributed by atoms with E-state index >= 15 is 0 Å². The van der Waals surface area contributed by atoms with E-state index in [0.717, 1.165) is 53.5 Å². The van der Waals surface area contributed by atoms with Crippen LogP contribution in [0.4, 0.5) is 0 Å². The van der Waals surface area contributed by atoms with Gasteiger partial charge >= 0.3 is 0 Å². The van der Waals surface area contributed by atoms with Crippen LogP contribution < -0.4 is 4.74 Å². The maximum absolute atomic E-state index is 13.1. The van der Waals surface area contributed by atoms with Crippen LogP contribution in [0.25, 0.3) is 10.8 Å². The maximum Gasteiger partial charge on any atom is 0.176 e. The third kappa shape index (κ3) is 2.27. The second-order valence-electron chi connectivity index (χ2n) is 8.39. The second kappa shape index (κ2) is 5.34. The molecule has 0 aromatic heterocycles. The minimum Gasteiger partial charge on any atom is -0.485 e. The predicted octanol–water partition coefficient (Wildman–Crippen LogP) is 5.00. The second-order valence-corrected chi connectivity index (χ2v) is 8.39. The molecule has 2 heteroatoms. The van der Waals surface area contributed by atoms with Gasteiger partial charge in [0.2, 0.25) is 0 Å². The zero-order chi connectivity index (χ0) is 16.1. The van der Waals surface area contributed by atoms with Gasteiger partial charge in [0.25, 0.3) is 0 Å². The van der Waals surface area contributed by atoms with E-state index in [0.29, 0.717) is 5.78 Å². The predicted molar refractivity (Wildman–Crippen MR) is 95.1 cm³/mol. The SMILES string of the molecule is O=C(COc1cccc2ccccc12)C12CC3CC(CC(C3)C1)C2. The first kappa shape index (κ1) is 14.5. The molecule has 0 saturated heterocycles. The maximum atomic E-state index is 13.1. The van der Waals surface area contributed by atoms with Crippen molar-refractivity contribution >= 4 is 16.6 Å². The van der Waals surface area contributed by atoms with E-state index in [-0.39, 0.29) is 12.0 Å². The lowest BCUT2D eigenvalue weighted by atomic mass is 9.48. The normalized spacial score (nSPS) is 33.8. The highest BCUT2D eigenvalue weighted by Gasteiger charge is 2.54. The summed E-state index contributed by atoms with van der Waals surface area (Å²) >= 11 is 0. The van der Waals surface area contributed by atoms with Crippen molar-refractivity contribution in [3.05, 3.63) is 42.5 Å².